The van der Waals surface area contributed by atoms with Gasteiger partial charge >= 0.3 is 0 Å². The first-order valence-corrected chi connectivity index (χ1v) is 13.6. The van der Waals surface area contributed by atoms with Crippen molar-refractivity contribution in [3.8, 4) is 40.1 Å². The molecule has 17 heteroatoms. The maximum absolute atomic E-state index is 13.8. The van der Waals surface area contributed by atoms with Crippen molar-refractivity contribution in [1.29, 1.82) is 0 Å². The zero-order valence-corrected chi connectivity index (χ0v) is 23.4. The van der Waals surface area contributed by atoms with Crippen LogP contribution in [-0.2, 0) is 9.47 Å². The minimum absolute atomic E-state index is 0.0448. The highest BCUT2D eigenvalue weighted by Gasteiger charge is 2.46. The van der Waals surface area contributed by atoms with Crippen LogP contribution in [0.1, 0.15) is 0 Å². The van der Waals surface area contributed by atoms with E-state index in [2.05, 4.69) is 0 Å². The lowest BCUT2D eigenvalue weighted by Crippen LogP contribution is -2.60. The van der Waals surface area contributed by atoms with Crippen LogP contribution in [0.15, 0.2) is 39.5 Å². The molecule has 3 heterocycles. The van der Waals surface area contributed by atoms with E-state index in [-0.39, 0.29) is 34.2 Å². The normalized spacial score (nSPS) is 31.9. The quantitative estimate of drug-likeness (QED) is 0.119. The van der Waals surface area contributed by atoms with Gasteiger partial charge in [-0.15, -0.1) is 0 Å². The topological polar surface area (TPSA) is 279 Å². The number of rotatable bonds is 8. The highest BCUT2D eigenvalue weighted by Crippen LogP contribution is 2.40. The van der Waals surface area contributed by atoms with Crippen molar-refractivity contribution >= 4 is 11.0 Å². The zero-order valence-electron chi connectivity index (χ0n) is 23.4. The van der Waals surface area contributed by atoms with Crippen molar-refractivity contribution in [2.24, 2.45) is 0 Å². The molecule has 1 aromatic heterocycles. The third-order valence-corrected chi connectivity index (χ3v) is 7.53. The molecular weight excluding hydrogens is 608 g/mol. The number of ether oxygens (including phenoxy) is 5. The SMILES string of the molecule is COc1cc(-c2oc3cc(O[C@@H]4O[C@@H](CO)[C@@H](O)[C@@H](O)[C@@H]4O)cc(O)c3c(=O)c2O[C@H]2O[C@H](CO)[C@@H](O)[C@H](O)[C@H]2O)ccc1O. The number of methoxy groups -OCH3 is 1. The molecule has 0 unspecified atom stereocenters. The lowest BCUT2D eigenvalue weighted by atomic mass is 9.99. The van der Waals surface area contributed by atoms with Gasteiger partial charge in [0.05, 0.1) is 20.3 Å². The smallest absolute Gasteiger partial charge is 0.239 e. The Morgan fingerprint density at radius 1 is 0.733 bits per heavy atom. The second-order valence-corrected chi connectivity index (χ2v) is 10.4. The maximum atomic E-state index is 13.8. The Kier molecular flexibility index (Phi) is 9.38. The number of aliphatic hydroxyl groups excluding tert-OH is 8. The van der Waals surface area contributed by atoms with Gasteiger partial charge in [-0.2, -0.15) is 0 Å². The van der Waals surface area contributed by atoms with Gasteiger partial charge < -0.3 is 79.2 Å². The average molecular weight is 641 g/mol. The van der Waals surface area contributed by atoms with Gasteiger partial charge in [0.25, 0.3) is 0 Å². The molecule has 0 saturated carbocycles. The van der Waals surface area contributed by atoms with Crippen molar-refractivity contribution in [2.45, 2.75) is 61.4 Å². The molecule has 0 spiro atoms. The largest absolute Gasteiger partial charge is 0.507 e. The van der Waals surface area contributed by atoms with Crippen molar-refractivity contribution in [3.63, 3.8) is 0 Å². The fourth-order valence-electron chi connectivity index (χ4n) is 5.02. The monoisotopic (exact) mass is 640 g/mol. The van der Waals surface area contributed by atoms with Crippen LogP contribution in [0.3, 0.4) is 0 Å². The molecule has 0 amide bonds. The van der Waals surface area contributed by atoms with Crippen molar-refractivity contribution < 1.29 is 79.2 Å². The molecule has 2 fully saturated rings. The van der Waals surface area contributed by atoms with Gasteiger partial charge in [0.2, 0.25) is 23.8 Å². The fourth-order valence-corrected chi connectivity index (χ4v) is 5.02. The molecule has 5 rings (SSSR count). The summed E-state index contributed by atoms with van der Waals surface area (Å²) in [5, 5.41) is 101. The van der Waals surface area contributed by atoms with Crippen LogP contribution in [-0.4, -0.2) is 133 Å². The minimum atomic E-state index is -1.91. The molecule has 10 N–H and O–H groups in total. The molecule has 2 aromatic carbocycles. The molecule has 45 heavy (non-hydrogen) atoms. The Hall–Kier alpha value is -3.75. The molecule has 2 saturated heterocycles. The Labute approximate surface area is 252 Å². The summed E-state index contributed by atoms with van der Waals surface area (Å²) in [5.41, 5.74) is -1.27. The van der Waals surface area contributed by atoms with Crippen LogP contribution in [0.4, 0.5) is 0 Å². The summed E-state index contributed by atoms with van der Waals surface area (Å²) in [6.45, 7) is -1.50. The molecule has 2 aliphatic heterocycles. The van der Waals surface area contributed by atoms with E-state index in [1.54, 1.807) is 0 Å². The van der Waals surface area contributed by atoms with E-state index in [4.69, 9.17) is 28.1 Å². The average Bonchev–Trinajstić information content (AvgIpc) is 3.02. The Morgan fingerprint density at radius 3 is 1.87 bits per heavy atom. The number of phenols is 2. The zero-order chi connectivity index (χ0) is 32.7. The predicted octanol–water partition coefficient (Wildman–Crippen LogP) is -2.76. The van der Waals surface area contributed by atoms with Gasteiger partial charge in [0, 0.05) is 17.7 Å². The van der Waals surface area contributed by atoms with Gasteiger partial charge in [-0.25, -0.2) is 0 Å². The lowest BCUT2D eigenvalue weighted by Gasteiger charge is -2.39. The van der Waals surface area contributed by atoms with E-state index in [1.807, 2.05) is 0 Å². The molecule has 0 radical (unpaired) electrons. The van der Waals surface area contributed by atoms with Crippen LogP contribution in [0.25, 0.3) is 22.3 Å². The van der Waals surface area contributed by atoms with Crippen molar-refractivity contribution in [1.82, 2.24) is 0 Å². The number of aliphatic hydroxyl groups is 8. The third-order valence-electron chi connectivity index (χ3n) is 7.53. The van der Waals surface area contributed by atoms with Gasteiger partial charge in [0.15, 0.2) is 17.3 Å². The van der Waals surface area contributed by atoms with E-state index in [0.29, 0.717) is 0 Å². The number of aromatic hydroxyl groups is 2. The highest BCUT2D eigenvalue weighted by molar-refractivity contribution is 5.88. The van der Waals surface area contributed by atoms with E-state index < -0.39 is 96.9 Å². The fraction of sp³-hybridized carbons (Fsp3) is 0.464. The van der Waals surface area contributed by atoms with Crippen LogP contribution in [0.2, 0.25) is 0 Å². The van der Waals surface area contributed by atoms with Crippen LogP contribution in [0.5, 0.6) is 28.7 Å². The maximum Gasteiger partial charge on any atom is 0.239 e. The number of hydrogen-bond donors (Lipinski definition) is 10. The van der Waals surface area contributed by atoms with Crippen molar-refractivity contribution in [2.75, 3.05) is 20.3 Å². The molecule has 246 valence electrons. The first kappa shape index (κ1) is 32.6. The summed E-state index contributed by atoms with van der Waals surface area (Å²) in [6.07, 6.45) is -16.8. The Morgan fingerprint density at radius 2 is 1.31 bits per heavy atom. The van der Waals surface area contributed by atoms with Crippen LogP contribution < -0.4 is 19.6 Å². The highest BCUT2D eigenvalue weighted by atomic mass is 16.7. The summed E-state index contributed by atoms with van der Waals surface area (Å²) in [4.78, 5) is 13.8. The van der Waals surface area contributed by atoms with E-state index in [1.165, 1.54) is 25.3 Å². The second kappa shape index (κ2) is 12.9. The Bertz CT molecular complexity index is 1570. The van der Waals surface area contributed by atoms with E-state index >= 15 is 0 Å². The molecule has 0 bridgehead atoms. The predicted molar refractivity (Wildman–Crippen MR) is 147 cm³/mol. The summed E-state index contributed by atoms with van der Waals surface area (Å²) in [5.74, 6) is -2.30. The second-order valence-electron chi connectivity index (χ2n) is 10.4. The third kappa shape index (κ3) is 5.98. The lowest BCUT2D eigenvalue weighted by molar-refractivity contribution is -0.277. The van der Waals surface area contributed by atoms with Gasteiger partial charge in [0.1, 0.15) is 71.3 Å². The van der Waals surface area contributed by atoms with Crippen molar-refractivity contribution in [3.05, 3.63) is 40.6 Å². The van der Waals surface area contributed by atoms with Gasteiger partial charge in [-0.1, -0.05) is 0 Å². The van der Waals surface area contributed by atoms with E-state index in [9.17, 15) is 55.9 Å². The minimum Gasteiger partial charge on any atom is -0.507 e. The van der Waals surface area contributed by atoms with Crippen LogP contribution >= 0.6 is 0 Å². The molecular formula is C28H32O17. The number of hydrogen-bond acceptors (Lipinski definition) is 17. The van der Waals surface area contributed by atoms with Gasteiger partial charge in [-0.3, -0.25) is 4.79 Å². The number of phenolic OH excluding ortho intramolecular Hbond substituents is 2. The molecule has 3 aromatic rings. The summed E-state index contributed by atoms with van der Waals surface area (Å²) >= 11 is 0. The van der Waals surface area contributed by atoms with Gasteiger partial charge in [-0.05, 0) is 18.2 Å². The van der Waals surface area contributed by atoms with Crippen LogP contribution in [0, 0.1) is 0 Å². The molecule has 0 aliphatic carbocycles. The number of fused-ring (bicyclic) bond motifs is 1. The summed E-state index contributed by atoms with van der Waals surface area (Å²) < 4.78 is 33.1. The molecule has 17 nitrogen and oxygen atoms in total. The standard InChI is InChI=1S/C28H32O17/c1-40-13-4-9(2-3-11(13)31)25-26(45-28-24(39)22(37)19(34)16(8-30)44-28)20(35)17-12(32)5-10(6-14(17)42-25)41-27-23(38)21(36)18(33)15(7-29)43-27/h2-6,15-16,18-19,21-24,27-34,36-39H,7-8H2,1H3/t15-,16+,18+,19+,21+,22-,23-,24+,27+,28+/m0/s1. The first-order chi connectivity index (χ1) is 21.4. The molecule has 2 aliphatic rings. The molecule has 10 atom stereocenters. The number of benzene rings is 2. The summed E-state index contributed by atoms with van der Waals surface area (Å²) in [6, 6.07) is 5.87. The van der Waals surface area contributed by atoms with E-state index in [0.717, 1.165) is 12.1 Å². The first-order valence-electron chi connectivity index (χ1n) is 13.6. The Balaban J connectivity index is 1.61. The summed E-state index contributed by atoms with van der Waals surface area (Å²) in [7, 11) is 1.27.